The lowest BCUT2D eigenvalue weighted by Crippen LogP contribution is -2.28. The Labute approximate surface area is 184 Å². The Kier molecular flexibility index (Phi) is 4.79. The molecule has 3 aromatic rings. The van der Waals surface area contributed by atoms with E-state index in [0.29, 0.717) is 5.25 Å². The minimum Gasteiger partial charge on any atom is -0.341 e. The summed E-state index contributed by atoms with van der Waals surface area (Å²) in [6.45, 7) is 7.72. The predicted octanol–water partition coefficient (Wildman–Crippen LogP) is 5.84. The van der Waals surface area contributed by atoms with Gasteiger partial charge in [0.15, 0.2) is 5.17 Å². The van der Waals surface area contributed by atoms with Crippen molar-refractivity contribution >= 4 is 32.9 Å². The zero-order chi connectivity index (χ0) is 20.1. The van der Waals surface area contributed by atoms with Crippen LogP contribution in [0.2, 0.25) is 0 Å². The Balaban J connectivity index is 1.62. The van der Waals surface area contributed by atoms with Gasteiger partial charge in [-0.05, 0) is 61.9 Å². The maximum atomic E-state index is 5.12. The molecule has 1 saturated heterocycles. The normalized spacial score (nSPS) is 23.4. The van der Waals surface area contributed by atoms with Crippen LogP contribution in [0.5, 0.6) is 0 Å². The molecule has 6 heteroatoms. The van der Waals surface area contributed by atoms with Crippen molar-refractivity contribution in [3.63, 3.8) is 0 Å². The molecular formula is C23H23BrN4S. The minimum absolute atomic E-state index is 0.0325. The maximum absolute atomic E-state index is 5.12. The average molecular weight is 467 g/mol. The number of rotatable bonds is 3. The molecule has 4 nitrogen and oxygen atoms in total. The molecule has 2 aliphatic heterocycles. The van der Waals surface area contributed by atoms with Crippen LogP contribution in [0.25, 0.3) is 5.69 Å². The molecule has 0 saturated carbocycles. The number of aryl methyl sites for hydroxylation is 1. The molecule has 0 amide bonds. The number of amidine groups is 1. The Hall–Kier alpha value is -2.05. The lowest BCUT2D eigenvalue weighted by atomic mass is 9.96. The molecule has 2 aliphatic rings. The van der Waals surface area contributed by atoms with Gasteiger partial charge in [0.1, 0.15) is 6.04 Å². The van der Waals surface area contributed by atoms with Gasteiger partial charge in [-0.15, -0.1) is 0 Å². The summed E-state index contributed by atoms with van der Waals surface area (Å²) in [6, 6.07) is 17.2. The number of nitrogens with zero attached hydrogens (tertiary/aromatic N) is 4. The third kappa shape index (κ3) is 3.22. The number of pyridine rings is 1. The average Bonchev–Trinajstić information content (AvgIpc) is 3.33. The molecule has 0 spiro atoms. The Morgan fingerprint density at radius 2 is 1.90 bits per heavy atom. The van der Waals surface area contributed by atoms with Crippen molar-refractivity contribution in [1.29, 1.82) is 0 Å². The molecule has 0 aliphatic carbocycles. The van der Waals surface area contributed by atoms with E-state index in [1.807, 2.05) is 24.0 Å². The molecule has 148 valence electrons. The first-order valence-electron chi connectivity index (χ1n) is 9.89. The van der Waals surface area contributed by atoms with Crippen LogP contribution < -0.4 is 0 Å². The summed E-state index contributed by atoms with van der Waals surface area (Å²) in [7, 11) is 0. The number of aliphatic imine (C=N–C) groups is 1. The standard InChI is InChI=1S/C23H23BrN4S/c1-14-12-19(16(3)28(14)18-9-7-17(24)8-10-18)22-21(20-6-4-5-11-25-20)26-23-27(22)13-15(2)29-23/h4-12,15,21-22H,13H2,1-3H3. The van der Waals surface area contributed by atoms with Gasteiger partial charge in [0.05, 0.1) is 11.7 Å². The summed E-state index contributed by atoms with van der Waals surface area (Å²) in [5.74, 6) is 0. The fourth-order valence-electron chi connectivity index (χ4n) is 4.53. The zero-order valence-corrected chi connectivity index (χ0v) is 19.1. The van der Waals surface area contributed by atoms with E-state index >= 15 is 0 Å². The van der Waals surface area contributed by atoms with Gasteiger partial charge in [-0.3, -0.25) is 9.98 Å². The highest BCUT2D eigenvalue weighted by Crippen LogP contribution is 2.48. The lowest BCUT2D eigenvalue weighted by molar-refractivity contribution is 0.320. The van der Waals surface area contributed by atoms with E-state index in [4.69, 9.17) is 4.99 Å². The van der Waals surface area contributed by atoms with E-state index < -0.39 is 0 Å². The summed E-state index contributed by atoms with van der Waals surface area (Å²) < 4.78 is 3.44. The van der Waals surface area contributed by atoms with Crippen LogP contribution >= 0.6 is 27.7 Å². The predicted molar refractivity (Wildman–Crippen MR) is 124 cm³/mol. The molecule has 1 fully saturated rings. The highest BCUT2D eigenvalue weighted by atomic mass is 79.9. The van der Waals surface area contributed by atoms with Gasteiger partial charge in [0, 0.05) is 39.5 Å². The monoisotopic (exact) mass is 466 g/mol. The fourth-order valence-corrected chi connectivity index (χ4v) is 5.89. The molecule has 1 aromatic carbocycles. The number of fused-ring (bicyclic) bond motifs is 1. The van der Waals surface area contributed by atoms with E-state index in [1.54, 1.807) is 0 Å². The van der Waals surface area contributed by atoms with E-state index in [-0.39, 0.29) is 12.1 Å². The second-order valence-corrected chi connectivity index (χ2v) is 10.1. The van der Waals surface area contributed by atoms with Crippen LogP contribution in [-0.4, -0.2) is 31.4 Å². The summed E-state index contributed by atoms with van der Waals surface area (Å²) >= 11 is 5.43. The van der Waals surface area contributed by atoms with Gasteiger partial charge in [-0.1, -0.05) is 40.7 Å². The molecule has 0 N–H and O–H groups in total. The molecule has 0 radical (unpaired) electrons. The number of hydrogen-bond acceptors (Lipinski definition) is 4. The van der Waals surface area contributed by atoms with Crippen molar-refractivity contribution in [3.8, 4) is 5.69 Å². The molecule has 4 heterocycles. The van der Waals surface area contributed by atoms with Crippen LogP contribution in [0.15, 0.2) is 64.2 Å². The second-order valence-electron chi connectivity index (χ2n) is 7.78. The summed E-state index contributed by atoms with van der Waals surface area (Å²) in [6.07, 6.45) is 1.87. The van der Waals surface area contributed by atoms with Gasteiger partial charge >= 0.3 is 0 Å². The molecule has 2 aromatic heterocycles. The van der Waals surface area contributed by atoms with Crippen molar-refractivity contribution in [2.24, 2.45) is 4.99 Å². The van der Waals surface area contributed by atoms with E-state index in [9.17, 15) is 0 Å². The van der Waals surface area contributed by atoms with Crippen molar-refractivity contribution in [3.05, 3.63) is 81.8 Å². The lowest BCUT2D eigenvalue weighted by Gasteiger charge is -2.27. The molecule has 3 unspecified atom stereocenters. The number of aromatic nitrogens is 2. The molecular weight excluding hydrogens is 444 g/mol. The number of hydrogen-bond donors (Lipinski definition) is 0. The number of thioether (sulfide) groups is 1. The maximum Gasteiger partial charge on any atom is 0.160 e. The van der Waals surface area contributed by atoms with Gasteiger partial charge in [-0.25, -0.2) is 0 Å². The third-order valence-electron chi connectivity index (χ3n) is 5.76. The van der Waals surface area contributed by atoms with Gasteiger partial charge in [0.2, 0.25) is 0 Å². The van der Waals surface area contributed by atoms with Crippen LogP contribution in [0.4, 0.5) is 0 Å². The summed E-state index contributed by atoms with van der Waals surface area (Å²) in [4.78, 5) is 12.3. The SMILES string of the molecule is Cc1cc(C2C(c3ccccn3)N=C3SC(C)CN32)c(C)n1-c1ccc(Br)cc1. The van der Waals surface area contributed by atoms with Crippen LogP contribution in [0.1, 0.15) is 41.7 Å². The minimum atomic E-state index is 0.0325. The van der Waals surface area contributed by atoms with Crippen molar-refractivity contribution < 1.29 is 0 Å². The van der Waals surface area contributed by atoms with Crippen molar-refractivity contribution in [2.75, 3.05) is 6.54 Å². The van der Waals surface area contributed by atoms with Crippen molar-refractivity contribution in [1.82, 2.24) is 14.5 Å². The Bertz CT molecular complexity index is 1070. The van der Waals surface area contributed by atoms with E-state index in [0.717, 1.165) is 21.9 Å². The van der Waals surface area contributed by atoms with Crippen LogP contribution in [-0.2, 0) is 0 Å². The first-order chi connectivity index (χ1) is 14.0. The largest absolute Gasteiger partial charge is 0.341 e. The second kappa shape index (κ2) is 7.33. The molecule has 5 rings (SSSR count). The molecule has 0 bridgehead atoms. The fraction of sp³-hybridized carbons (Fsp3) is 0.304. The summed E-state index contributed by atoms with van der Waals surface area (Å²) in [5.41, 5.74) is 6.09. The van der Waals surface area contributed by atoms with Crippen LogP contribution in [0, 0.1) is 13.8 Å². The zero-order valence-electron chi connectivity index (χ0n) is 16.7. The van der Waals surface area contributed by atoms with Crippen molar-refractivity contribution in [2.45, 2.75) is 38.1 Å². The molecule has 3 atom stereocenters. The topological polar surface area (TPSA) is 33.4 Å². The van der Waals surface area contributed by atoms with Crippen LogP contribution in [0.3, 0.4) is 0 Å². The smallest absolute Gasteiger partial charge is 0.160 e. The number of halogens is 1. The van der Waals surface area contributed by atoms with Gasteiger partial charge in [0.25, 0.3) is 0 Å². The Morgan fingerprint density at radius 1 is 1.10 bits per heavy atom. The highest BCUT2D eigenvalue weighted by molar-refractivity contribution is 9.10. The van der Waals surface area contributed by atoms with E-state index in [2.05, 4.69) is 93.6 Å². The van der Waals surface area contributed by atoms with E-state index in [1.165, 1.54) is 22.6 Å². The first kappa shape index (κ1) is 18.9. The van der Waals surface area contributed by atoms with Gasteiger partial charge < -0.3 is 9.47 Å². The number of benzene rings is 1. The third-order valence-corrected chi connectivity index (χ3v) is 7.39. The highest BCUT2D eigenvalue weighted by Gasteiger charge is 2.44. The quantitative estimate of drug-likeness (QED) is 0.485. The Morgan fingerprint density at radius 3 is 2.62 bits per heavy atom. The summed E-state index contributed by atoms with van der Waals surface area (Å²) in [5, 5.41) is 1.72. The molecule has 29 heavy (non-hydrogen) atoms. The first-order valence-corrected chi connectivity index (χ1v) is 11.6. The van der Waals surface area contributed by atoms with Gasteiger partial charge in [-0.2, -0.15) is 0 Å².